The van der Waals surface area contributed by atoms with Crippen molar-refractivity contribution in [1.29, 1.82) is 0 Å². The number of carbonyl (C=O) groups excluding carboxylic acids is 1. The van der Waals surface area contributed by atoms with Crippen molar-refractivity contribution >= 4 is 21.6 Å². The number of ether oxygens (including phenoxy) is 1. The molecule has 0 fully saturated rings. The molecule has 3 rings (SSSR count). The summed E-state index contributed by atoms with van der Waals surface area (Å²) in [5.41, 5.74) is 1.90. The molecular weight excluding hydrogens is 412 g/mol. The molecule has 31 heavy (non-hydrogen) atoms. The Kier molecular flexibility index (Phi) is 7.09. The smallest absolute Gasteiger partial charge is 0.255 e. The van der Waals surface area contributed by atoms with Crippen LogP contribution in [-0.2, 0) is 16.6 Å². The third-order valence-electron chi connectivity index (χ3n) is 4.54. The van der Waals surface area contributed by atoms with Crippen LogP contribution in [0.25, 0.3) is 0 Å². The van der Waals surface area contributed by atoms with Crippen LogP contribution in [0, 0.1) is 0 Å². The van der Waals surface area contributed by atoms with Crippen molar-refractivity contribution in [2.45, 2.75) is 31.4 Å². The molecule has 0 bridgehead atoms. The fourth-order valence-corrected chi connectivity index (χ4v) is 4.18. The fraction of sp³-hybridized carbons (Fsp3) is 0.208. The Morgan fingerprint density at radius 2 is 1.65 bits per heavy atom. The predicted octanol–water partition coefficient (Wildman–Crippen LogP) is 4.55. The highest BCUT2D eigenvalue weighted by molar-refractivity contribution is 7.89. The maximum atomic E-state index is 12.7. The standard InChI is InChI=1S/C24H26N2O4S/c1-18(2)30-22-9-7-8-21(16-22)25-24(27)20-14-12-19(13-15-20)17-26(3)31(28,29)23-10-5-4-6-11-23/h4-16,18H,17H2,1-3H3,(H,25,27). The van der Waals surface area contributed by atoms with Gasteiger partial charge in [-0.3, -0.25) is 4.79 Å². The Morgan fingerprint density at radius 3 is 2.29 bits per heavy atom. The van der Waals surface area contributed by atoms with Gasteiger partial charge in [0.05, 0.1) is 11.0 Å². The fourth-order valence-electron chi connectivity index (χ4n) is 3.00. The molecule has 0 radical (unpaired) electrons. The van der Waals surface area contributed by atoms with Crippen molar-refractivity contribution in [2.75, 3.05) is 12.4 Å². The first kappa shape index (κ1) is 22.5. The molecule has 0 aromatic heterocycles. The van der Waals surface area contributed by atoms with E-state index in [0.29, 0.717) is 17.0 Å². The van der Waals surface area contributed by atoms with E-state index in [1.54, 1.807) is 66.7 Å². The molecule has 1 amide bonds. The van der Waals surface area contributed by atoms with Gasteiger partial charge in [-0.1, -0.05) is 36.4 Å². The average Bonchev–Trinajstić information content (AvgIpc) is 2.74. The van der Waals surface area contributed by atoms with Crippen LogP contribution in [0.1, 0.15) is 29.8 Å². The quantitative estimate of drug-likeness (QED) is 0.560. The van der Waals surface area contributed by atoms with Crippen LogP contribution in [0.5, 0.6) is 5.75 Å². The van der Waals surface area contributed by atoms with Gasteiger partial charge in [-0.15, -0.1) is 0 Å². The molecule has 6 nitrogen and oxygen atoms in total. The zero-order chi connectivity index (χ0) is 22.4. The summed E-state index contributed by atoms with van der Waals surface area (Å²) in [6, 6.07) is 22.4. The summed E-state index contributed by atoms with van der Waals surface area (Å²) in [4.78, 5) is 12.8. The van der Waals surface area contributed by atoms with Crippen molar-refractivity contribution in [3.05, 3.63) is 90.0 Å². The van der Waals surface area contributed by atoms with E-state index in [-0.39, 0.29) is 23.5 Å². The molecule has 0 aliphatic carbocycles. The van der Waals surface area contributed by atoms with Crippen LogP contribution < -0.4 is 10.1 Å². The summed E-state index contributed by atoms with van der Waals surface area (Å²) in [5, 5.41) is 2.85. The summed E-state index contributed by atoms with van der Waals surface area (Å²) in [5.74, 6) is 0.435. The summed E-state index contributed by atoms with van der Waals surface area (Å²) in [6.07, 6.45) is 0.0438. The van der Waals surface area contributed by atoms with Crippen LogP contribution >= 0.6 is 0 Å². The molecule has 0 aliphatic heterocycles. The maximum absolute atomic E-state index is 12.7. The van der Waals surface area contributed by atoms with E-state index < -0.39 is 10.0 Å². The molecule has 0 heterocycles. The maximum Gasteiger partial charge on any atom is 0.255 e. The minimum Gasteiger partial charge on any atom is -0.491 e. The number of hydrogen-bond acceptors (Lipinski definition) is 4. The zero-order valence-electron chi connectivity index (χ0n) is 17.8. The second-order valence-corrected chi connectivity index (χ2v) is 9.46. The molecular formula is C24H26N2O4S. The third kappa shape index (κ3) is 5.93. The highest BCUT2D eigenvalue weighted by Crippen LogP contribution is 2.20. The van der Waals surface area contributed by atoms with Gasteiger partial charge in [-0.25, -0.2) is 8.42 Å². The van der Waals surface area contributed by atoms with Crippen molar-refractivity contribution in [2.24, 2.45) is 0 Å². The Bertz CT molecular complexity index is 1130. The average molecular weight is 439 g/mol. The number of amides is 1. The summed E-state index contributed by atoms with van der Waals surface area (Å²) < 4.78 is 32.3. The Labute approximate surface area is 183 Å². The summed E-state index contributed by atoms with van der Waals surface area (Å²) in [6.45, 7) is 4.08. The topological polar surface area (TPSA) is 75.7 Å². The summed E-state index contributed by atoms with van der Waals surface area (Å²) >= 11 is 0. The van der Waals surface area contributed by atoms with Crippen LogP contribution in [-0.4, -0.2) is 31.8 Å². The Hall–Kier alpha value is -3.16. The number of nitrogens with zero attached hydrogens (tertiary/aromatic N) is 1. The van der Waals surface area contributed by atoms with Crippen molar-refractivity contribution in [3.63, 3.8) is 0 Å². The van der Waals surface area contributed by atoms with E-state index in [1.807, 2.05) is 26.0 Å². The van der Waals surface area contributed by atoms with E-state index in [9.17, 15) is 13.2 Å². The van der Waals surface area contributed by atoms with Gasteiger partial charge in [0.15, 0.2) is 0 Å². The minimum absolute atomic E-state index is 0.0438. The zero-order valence-corrected chi connectivity index (χ0v) is 18.6. The number of benzene rings is 3. The molecule has 7 heteroatoms. The highest BCUT2D eigenvalue weighted by atomic mass is 32.2. The second-order valence-electron chi connectivity index (χ2n) is 7.42. The Balaban J connectivity index is 1.65. The molecule has 3 aromatic carbocycles. The molecule has 0 saturated heterocycles. The first-order valence-corrected chi connectivity index (χ1v) is 11.4. The van der Waals surface area contributed by atoms with Crippen molar-refractivity contribution in [3.8, 4) is 5.75 Å². The number of carbonyl (C=O) groups is 1. The van der Waals surface area contributed by atoms with Gasteiger partial charge in [0.25, 0.3) is 5.91 Å². The van der Waals surface area contributed by atoms with Gasteiger partial charge >= 0.3 is 0 Å². The molecule has 0 atom stereocenters. The number of nitrogens with one attached hydrogen (secondary N) is 1. The van der Waals surface area contributed by atoms with Crippen LogP contribution in [0.15, 0.2) is 83.8 Å². The van der Waals surface area contributed by atoms with Crippen LogP contribution in [0.2, 0.25) is 0 Å². The molecule has 162 valence electrons. The third-order valence-corrected chi connectivity index (χ3v) is 6.35. The normalized spacial score (nSPS) is 11.5. The number of hydrogen-bond donors (Lipinski definition) is 1. The first-order chi connectivity index (χ1) is 14.8. The largest absolute Gasteiger partial charge is 0.491 e. The van der Waals surface area contributed by atoms with E-state index >= 15 is 0 Å². The lowest BCUT2D eigenvalue weighted by atomic mass is 10.1. The minimum atomic E-state index is -3.58. The van der Waals surface area contributed by atoms with Crippen LogP contribution in [0.4, 0.5) is 5.69 Å². The van der Waals surface area contributed by atoms with Gasteiger partial charge in [0.1, 0.15) is 5.75 Å². The lowest BCUT2D eigenvalue weighted by Crippen LogP contribution is -2.26. The SMILES string of the molecule is CC(C)Oc1cccc(NC(=O)c2ccc(CN(C)S(=O)(=O)c3ccccc3)cc2)c1. The number of anilines is 1. The molecule has 0 unspecified atom stereocenters. The van der Waals surface area contributed by atoms with E-state index in [4.69, 9.17) is 4.74 Å². The lowest BCUT2D eigenvalue weighted by Gasteiger charge is -2.17. The number of sulfonamides is 1. The van der Waals surface area contributed by atoms with Gasteiger partial charge in [-0.2, -0.15) is 4.31 Å². The molecule has 1 N–H and O–H groups in total. The molecule has 3 aromatic rings. The van der Waals surface area contributed by atoms with E-state index in [0.717, 1.165) is 5.56 Å². The highest BCUT2D eigenvalue weighted by Gasteiger charge is 2.20. The summed E-state index contributed by atoms with van der Waals surface area (Å²) in [7, 11) is -2.04. The van der Waals surface area contributed by atoms with Gasteiger partial charge < -0.3 is 10.1 Å². The molecule has 0 aliphatic rings. The van der Waals surface area contributed by atoms with Crippen molar-refractivity contribution < 1.29 is 17.9 Å². The number of rotatable bonds is 8. The van der Waals surface area contributed by atoms with Gasteiger partial charge in [-0.05, 0) is 55.8 Å². The predicted molar refractivity (Wildman–Crippen MR) is 122 cm³/mol. The second kappa shape index (κ2) is 9.76. The van der Waals surface area contributed by atoms with Gasteiger partial charge in [0.2, 0.25) is 10.0 Å². The van der Waals surface area contributed by atoms with E-state index in [2.05, 4.69) is 5.32 Å². The van der Waals surface area contributed by atoms with Crippen molar-refractivity contribution in [1.82, 2.24) is 4.31 Å². The first-order valence-electron chi connectivity index (χ1n) is 9.94. The van der Waals surface area contributed by atoms with Gasteiger partial charge in [0, 0.05) is 30.9 Å². The monoisotopic (exact) mass is 438 g/mol. The lowest BCUT2D eigenvalue weighted by molar-refractivity contribution is 0.102. The van der Waals surface area contributed by atoms with Crippen LogP contribution in [0.3, 0.4) is 0 Å². The molecule has 0 saturated carbocycles. The Morgan fingerprint density at radius 1 is 0.968 bits per heavy atom. The van der Waals surface area contributed by atoms with E-state index in [1.165, 1.54) is 11.4 Å². The molecule has 0 spiro atoms.